The average molecular weight is 309 g/mol. The van der Waals surface area contributed by atoms with E-state index in [0.29, 0.717) is 0 Å². The number of nitrogens with one attached hydrogen (secondary N) is 1. The van der Waals surface area contributed by atoms with Gasteiger partial charge in [-0.3, -0.25) is 0 Å². The van der Waals surface area contributed by atoms with E-state index in [9.17, 15) is 0 Å². The second-order valence-corrected chi connectivity index (χ2v) is 8.67. The Morgan fingerprint density at radius 3 is 2.57 bits per heavy atom. The molecule has 0 aromatic carbocycles. The largest absolute Gasteiger partial charge is 0.307 e. The van der Waals surface area contributed by atoms with Crippen molar-refractivity contribution >= 4 is 11.3 Å². The molecule has 2 rings (SSSR count). The zero-order valence-corrected chi connectivity index (χ0v) is 15.3. The Labute approximate surface area is 134 Å². The third-order valence-electron chi connectivity index (χ3n) is 4.53. The van der Waals surface area contributed by atoms with Crippen LogP contribution in [0.3, 0.4) is 0 Å². The van der Waals surface area contributed by atoms with Crippen LogP contribution in [0.15, 0.2) is 0 Å². The Bertz CT molecular complexity index is 445. The maximum absolute atomic E-state index is 5.03. The third kappa shape index (κ3) is 4.79. The van der Waals surface area contributed by atoms with E-state index < -0.39 is 0 Å². The monoisotopic (exact) mass is 308 g/mol. The molecule has 1 fully saturated rings. The molecule has 1 aromatic rings. The molecule has 2 atom stereocenters. The fourth-order valence-electron chi connectivity index (χ4n) is 3.16. The van der Waals surface area contributed by atoms with Crippen molar-refractivity contribution in [2.24, 2.45) is 5.92 Å². The van der Waals surface area contributed by atoms with Gasteiger partial charge in [0.25, 0.3) is 0 Å². The van der Waals surface area contributed by atoms with Crippen LogP contribution in [-0.2, 0) is 13.0 Å². The van der Waals surface area contributed by atoms with Gasteiger partial charge in [-0.05, 0) is 52.4 Å². The van der Waals surface area contributed by atoms with Crippen LogP contribution in [-0.4, -0.2) is 10.5 Å². The number of hydrogen-bond acceptors (Lipinski definition) is 3. The number of thiazole rings is 1. The van der Waals surface area contributed by atoms with Crippen LogP contribution >= 0.6 is 11.3 Å². The van der Waals surface area contributed by atoms with E-state index in [0.717, 1.165) is 24.8 Å². The molecular weight excluding hydrogens is 276 g/mol. The van der Waals surface area contributed by atoms with Crippen LogP contribution in [0.2, 0.25) is 0 Å². The minimum absolute atomic E-state index is 0.175. The SMILES string of the molecule is CCCc1nc(C2CCC(CC)C2)sc1CNC(C)(C)C. The van der Waals surface area contributed by atoms with Gasteiger partial charge < -0.3 is 5.32 Å². The van der Waals surface area contributed by atoms with Gasteiger partial charge in [-0.2, -0.15) is 0 Å². The molecule has 120 valence electrons. The molecule has 0 aliphatic heterocycles. The molecule has 1 aromatic heterocycles. The molecule has 0 bridgehead atoms. The van der Waals surface area contributed by atoms with Gasteiger partial charge in [-0.25, -0.2) is 4.98 Å². The molecule has 1 aliphatic rings. The normalized spacial score (nSPS) is 22.9. The Morgan fingerprint density at radius 1 is 1.24 bits per heavy atom. The van der Waals surface area contributed by atoms with Crippen molar-refractivity contribution in [2.75, 3.05) is 0 Å². The molecule has 1 aliphatic carbocycles. The van der Waals surface area contributed by atoms with Crippen LogP contribution in [0.4, 0.5) is 0 Å². The Kier molecular flexibility index (Phi) is 5.84. The first-order chi connectivity index (χ1) is 9.93. The van der Waals surface area contributed by atoms with Crippen molar-refractivity contribution in [1.82, 2.24) is 10.3 Å². The first-order valence-corrected chi connectivity index (χ1v) is 9.48. The van der Waals surface area contributed by atoms with E-state index in [1.165, 1.54) is 47.7 Å². The predicted molar refractivity (Wildman–Crippen MR) is 93.1 cm³/mol. The molecule has 1 heterocycles. The maximum atomic E-state index is 5.03. The Hall–Kier alpha value is -0.410. The van der Waals surface area contributed by atoms with Gasteiger partial charge >= 0.3 is 0 Å². The quantitative estimate of drug-likeness (QED) is 0.773. The zero-order valence-electron chi connectivity index (χ0n) is 14.5. The highest BCUT2D eigenvalue weighted by Gasteiger charge is 2.28. The number of aryl methyl sites for hydroxylation is 1. The fraction of sp³-hybridized carbons (Fsp3) is 0.833. The van der Waals surface area contributed by atoms with Crippen molar-refractivity contribution in [1.29, 1.82) is 0 Å². The third-order valence-corrected chi connectivity index (χ3v) is 5.79. The van der Waals surface area contributed by atoms with E-state index in [2.05, 4.69) is 39.9 Å². The van der Waals surface area contributed by atoms with Crippen LogP contribution in [0, 0.1) is 5.92 Å². The van der Waals surface area contributed by atoms with Gasteiger partial charge in [0, 0.05) is 22.9 Å². The number of hydrogen-bond donors (Lipinski definition) is 1. The number of nitrogens with zero attached hydrogens (tertiary/aromatic N) is 1. The molecule has 3 heteroatoms. The highest BCUT2D eigenvalue weighted by molar-refractivity contribution is 7.11. The second kappa shape index (κ2) is 7.23. The van der Waals surface area contributed by atoms with Crippen molar-refractivity contribution in [3.05, 3.63) is 15.6 Å². The smallest absolute Gasteiger partial charge is 0.0962 e. The van der Waals surface area contributed by atoms with Gasteiger partial charge in [0.15, 0.2) is 0 Å². The summed E-state index contributed by atoms with van der Waals surface area (Å²) < 4.78 is 0. The number of rotatable bonds is 6. The topological polar surface area (TPSA) is 24.9 Å². The highest BCUT2D eigenvalue weighted by atomic mass is 32.1. The summed E-state index contributed by atoms with van der Waals surface area (Å²) in [6.07, 6.45) is 7.77. The van der Waals surface area contributed by atoms with Crippen LogP contribution < -0.4 is 5.32 Å². The van der Waals surface area contributed by atoms with Crippen molar-refractivity contribution in [3.8, 4) is 0 Å². The summed E-state index contributed by atoms with van der Waals surface area (Å²) in [5.74, 6) is 1.67. The maximum Gasteiger partial charge on any atom is 0.0962 e. The molecule has 1 N–H and O–H groups in total. The van der Waals surface area contributed by atoms with E-state index in [4.69, 9.17) is 4.98 Å². The summed E-state index contributed by atoms with van der Waals surface area (Å²) >= 11 is 1.98. The average Bonchev–Trinajstić information content (AvgIpc) is 3.02. The van der Waals surface area contributed by atoms with Gasteiger partial charge in [0.1, 0.15) is 0 Å². The lowest BCUT2D eigenvalue weighted by Crippen LogP contribution is -2.35. The van der Waals surface area contributed by atoms with Crippen LogP contribution in [0.1, 0.15) is 88.2 Å². The Morgan fingerprint density at radius 2 is 2.00 bits per heavy atom. The van der Waals surface area contributed by atoms with Gasteiger partial charge in [0.05, 0.1) is 10.7 Å². The zero-order chi connectivity index (χ0) is 15.5. The molecule has 0 spiro atoms. The molecule has 0 amide bonds. The van der Waals surface area contributed by atoms with E-state index in [1.807, 2.05) is 11.3 Å². The lowest BCUT2D eigenvalue weighted by Gasteiger charge is -2.20. The summed E-state index contributed by atoms with van der Waals surface area (Å²) in [4.78, 5) is 6.50. The summed E-state index contributed by atoms with van der Waals surface area (Å²) in [5, 5.41) is 5.05. The molecule has 21 heavy (non-hydrogen) atoms. The van der Waals surface area contributed by atoms with Crippen molar-refractivity contribution < 1.29 is 0 Å². The second-order valence-electron chi connectivity index (χ2n) is 7.56. The summed E-state index contributed by atoms with van der Waals surface area (Å²) in [5.41, 5.74) is 1.53. The molecule has 2 nitrogen and oxygen atoms in total. The first kappa shape index (κ1) is 17.0. The number of aromatic nitrogens is 1. The summed E-state index contributed by atoms with van der Waals surface area (Å²) in [6, 6.07) is 0. The van der Waals surface area contributed by atoms with Crippen LogP contribution in [0.25, 0.3) is 0 Å². The minimum atomic E-state index is 0.175. The molecule has 1 saturated carbocycles. The Balaban J connectivity index is 2.09. The standard InChI is InChI=1S/C18H32N2S/c1-6-8-15-16(12-19-18(3,4)5)21-17(20-15)14-10-9-13(7-2)11-14/h13-14,19H,6-12H2,1-5H3. The van der Waals surface area contributed by atoms with Gasteiger partial charge in [0.2, 0.25) is 0 Å². The van der Waals surface area contributed by atoms with E-state index in [-0.39, 0.29) is 5.54 Å². The van der Waals surface area contributed by atoms with E-state index in [1.54, 1.807) is 0 Å². The first-order valence-electron chi connectivity index (χ1n) is 8.66. The molecular formula is C18H32N2S. The minimum Gasteiger partial charge on any atom is -0.307 e. The summed E-state index contributed by atoms with van der Waals surface area (Å²) in [6.45, 7) is 12.3. The van der Waals surface area contributed by atoms with Crippen molar-refractivity contribution in [2.45, 2.75) is 91.1 Å². The lowest BCUT2D eigenvalue weighted by atomic mass is 10.0. The van der Waals surface area contributed by atoms with Crippen molar-refractivity contribution in [3.63, 3.8) is 0 Å². The van der Waals surface area contributed by atoms with Gasteiger partial charge in [-0.15, -0.1) is 11.3 Å². The van der Waals surface area contributed by atoms with E-state index >= 15 is 0 Å². The predicted octanol–water partition coefficient (Wildman–Crippen LogP) is 5.28. The lowest BCUT2D eigenvalue weighted by molar-refractivity contribution is 0.425. The summed E-state index contributed by atoms with van der Waals surface area (Å²) in [7, 11) is 0. The molecule has 2 unspecified atom stereocenters. The fourth-order valence-corrected chi connectivity index (χ4v) is 4.36. The molecule has 0 saturated heterocycles. The highest BCUT2D eigenvalue weighted by Crippen LogP contribution is 2.41. The van der Waals surface area contributed by atoms with Crippen LogP contribution in [0.5, 0.6) is 0 Å². The molecule has 0 radical (unpaired) electrons. The van der Waals surface area contributed by atoms with Gasteiger partial charge in [-0.1, -0.05) is 26.7 Å².